The number of methoxy groups -OCH3 is 1. The van der Waals surface area contributed by atoms with E-state index in [2.05, 4.69) is 4.98 Å². The van der Waals surface area contributed by atoms with E-state index in [-0.39, 0.29) is 17.9 Å². The van der Waals surface area contributed by atoms with Crippen molar-refractivity contribution in [1.29, 1.82) is 0 Å². The Labute approximate surface area is 149 Å². The summed E-state index contributed by atoms with van der Waals surface area (Å²) in [7, 11) is 1.61. The number of aromatic nitrogens is 1. The highest BCUT2D eigenvalue weighted by molar-refractivity contribution is 7.23. The van der Waals surface area contributed by atoms with Crippen LogP contribution in [0.4, 0.5) is 5.13 Å². The van der Waals surface area contributed by atoms with Gasteiger partial charge < -0.3 is 9.47 Å². The lowest BCUT2D eigenvalue weighted by molar-refractivity contribution is -0.120. The highest BCUT2D eigenvalue weighted by Crippen LogP contribution is 2.41. The predicted molar refractivity (Wildman–Crippen MR) is 95.2 cm³/mol. The first kappa shape index (κ1) is 16.1. The lowest BCUT2D eigenvalue weighted by atomic mass is 10.2. The number of nitrogens with zero attached hydrogens (tertiary/aromatic N) is 2. The van der Waals surface area contributed by atoms with Crippen LogP contribution in [-0.2, 0) is 9.53 Å². The molecule has 1 amide bonds. The minimum atomic E-state index is 0.0945. The first-order valence-electron chi connectivity index (χ1n) is 8.23. The van der Waals surface area contributed by atoms with Crippen LogP contribution < -0.4 is 9.64 Å². The third kappa shape index (κ3) is 2.98. The van der Waals surface area contributed by atoms with Gasteiger partial charge in [0.25, 0.3) is 0 Å². The summed E-state index contributed by atoms with van der Waals surface area (Å²) in [6, 6.07) is 3.61. The van der Waals surface area contributed by atoms with Crippen LogP contribution in [0.2, 0.25) is 5.02 Å². The SMILES string of the molecule is COc1ccc(Cl)c2sc(N(CC3CCCO3)C(=O)C3CC3)nc12. The second-order valence-electron chi connectivity index (χ2n) is 6.28. The maximum Gasteiger partial charge on any atom is 0.231 e. The van der Waals surface area contributed by atoms with Crippen LogP contribution in [0.3, 0.4) is 0 Å². The zero-order valence-corrected chi connectivity index (χ0v) is 15.0. The van der Waals surface area contributed by atoms with E-state index < -0.39 is 0 Å². The van der Waals surface area contributed by atoms with E-state index in [1.54, 1.807) is 24.1 Å². The maximum atomic E-state index is 12.8. The topological polar surface area (TPSA) is 51.7 Å². The summed E-state index contributed by atoms with van der Waals surface area (Å²) >= 11 is 7.76. The number of carbonyl (C=O) groups excluding carboxylic acids is 1. The van der Waals surface area contributed by atoms with Crippen molar-refractivity contribution in [2.24, 2.45) is 5.92 Å². The average Bonchev–Trinajstić information content (AvgIpc) is 3.12. The Bertz CT molecular complexity index is 769. The fourth-order valence-corrected chi connectivity index (χ4v) is 4.30. The van der Waals surface area contributed by atoms with Crippen molar-refractivity contribution in [2.45, 2.75) is 31.8 Å². The Morgan fingerprint density at radius 2 is 2.29 bits per heavy atom. The second kappa shape index (κ2) is 6.50. The van der Waals surface area contributed by atoms with Gasteiger partial charge in [-0.1, -0.05) is 22.9 Å². The van der Waals surface area contributed by atoms with E-state index in [1.165, 1.54) is 11.3 Å². The maximum absolute atomic E-state index is 12.8. The molecule has 2 fully saturated rings. The number of amides is 1. The molecule has 4 rings (SSSR count). The quantitative estimate of drug-likeness (QED) is 0.805. The third-order valence-electron chi connectivity index (χ3n) is 4.50. The molecule has 2 aliphatic rings. The first-order valence-corrected chi connectivity index (χ1v) is 9.43. The van der Waals surface area contributed by atoms with Gasteiger partial charge in [0.1, 0.15) is 11.3 Å². The van der Waals surface area contributed by atoms with Gasteiger partial charge in [0.15, 0.2) is 5.13 Å². The molecule has 1 saturated heterocycles. The summed E-state index contributed by atoms with van der Waals surface area (Å²) in [5, 5.41) is 1.31. The fraction of sp³-hybridized carbons (Fsp3) is 0.529. The molecule has 0 spiro atoms. The number of anilines is 1. The van der Waals surface area contributed by atoms with E-state index >= 15 is 0 Å². The summed E-state index contributed by atoms with van der Waals surface area (Å²) in [5.41, 5.74) is 0.714. The molecule has 2 aromatic rings. The van der Waals surface area contributed by atoms with Crippen molar-refractivity contribution in [2.75, 3.05) is 25.2 Å². The summed E-state index contributed by atoms with van der Waals surface area (Å²) in [4.78, 5) is 19.3. The fourth-order valence-electron chi connectivity index (χ4n) is 3.03. The summed E-state index contributed by atoms with van der Waals surface area (Å²) in [5.74, 6) is 0.961. The molecule has 24 heavy (non-hydrogen) atoms. The Morgan fingerprint density at radius 1 is 1.46 bits per heavy atom. The molecule has 1 aliphatic carbocycles. The molecule has 1 aliphatic heterocycles. The van der Waals surface area contributed by atoms with E-state index in [1.807, 2.05) is 0 Å². The predicted octanol–water partition coefficient (Wildman–Crippen LogP) is 3.88. The highest BCUT2D eigenvalue weighted by Gasteiger charge is 2.37. The number of halogens is 1. The van der Waals surface area contributed by atoms with Gasteiger partial charge in [-0.25, -0.2) is 4.98 Å². The molecule has 1 aromatic carbocycles. The summed E-state index contributed by atoms with van der Waals surface area (Å²) in [6.07, 6.45) is 4.07. The van der Waals surface area contributed by atoms with Crippen molar-refractivity contribution in [3.05, 3.63) is 17.2 Å². The van der Waals surface area contributed by atoms with Crippen LogP contribution in [0, 0.1) is 5.92 Å². The molecular weight excluding hydrogens is 348 g/mol. The van der Waals surface area contributed by atoms with Gasteiger partial charge in [0.2, 0.25) is 5.91 Å². The summed E-state index contributed by atoms with van der Waals surface area (Å²) in [6.45, 7) is 1.34. The van der Waals surface area contributed by atoms with Gasteiger partial charge in [-0.3, -0.25) is 9.69 Å². The number of benzene rings is 1. The van der Waals surface area contributed by atoms with Crippen LogP contribution in [0.15, 0.2) is 12.1 Å². The number of hydrogen-bond donors (Lipinski definition) is 0. The van der Waals surface area contributed by atoms with E-state index in [4.69, 9.17) is 21.1 Å². The molecule has 2 heterocycles. The Hall–Kier alpha value is -1.37. The van der Waals surface area contributed by atoms with Gasteiger partial charge in [0.05, 0.1) is 29.5 Å². The third-order valence-corrected chi connectivity index (χ3v) is 6.04. The van der Waals surface area contributed by atoms with Gasteiger partial charge in [-0.05, 0) is 37.8 Å². The molecule has 0 radical (unpaired) electrons. The van der Waals surface area contributed by atoms with Crippen LogP contribution in [0.5, 0.6) is 5.75 Å². The van der Waals surface area contributed by atoms with Gasteiger partial charge in [-0.2, -0.15) is 0 Å². The van der Waals surface area contributed by atoms with Crippen molar-refractivity contribution >= 4 is 44.2 Å². The van der Waals surface area contributed by atoms with Crippen molar-refractivity contribution in [1.82, 2.24) is 4.98 Å². The zero-order chi connectivity index (χ0) is 16.7. The molecule has 5 nitrogen and oxygen atoms in total. The molecule has 1 aromatic heterocycles. The number of rotatable bonds is 5. The highest BCUT2D eigenvalue weighted by atomic mass is 35.5. The van der Waals surface area contributed by atoms with E-state index in [9.17, 15) is 4.79 Å². The molecule has 1 atom stereocenters. The smallest absolute Gasteiger partial charge is 0.231 e. The van der Waals surface area contributed by atoms with Crippen LogP contribution in [-0.4, -0.2) is 37.3 Å². The first-order chi connectivity index (χ1) is 11.7. The number of carbonyl (C=O) groups is 1. The van der Waals surface area contributed by atoms with Gasteiger partial charge in [-0.15, -0.1) is 0 Å². The lowest BCUT2D eigenvalue weighted by Crippen LogP contribution is -2.38. The number of ether oxygens (including phenoxy) is 2. The Morgan fingerprint density at radius 3 is 2.96 bits per heavy atom. The second-order valence-corrected chi connectivity index (χ2v) is 7.67. The lowest BCUT2D eigenvalue weighted by Gasteiger charge is -2.23. The molecule has 1 unspecified atom stereocenters. The minimum Gasteiger partial charge on any atom is -0.494 e. The molecular formula is C17H19ClN2O3S. The standard InChI is InChI=1S/C17H19ClN2O3S/c1-22-13-7-6-12(18)15-14(13)19-17(24-15)20(16(21)10-4-5-10)9-11-3-2-8-23-11/h6-7,10-11H,2-5,8-9H2,1H3. The monoisotopic (exact) mass is 366 g/mol. The number of hydrogen-bond acceptors (Lipinski definition) is 5. The van der Waals surface area contributed by atoms with E-state index in [0.717, 1.165) is 37.0 Å². The molecule has 7 heteroatoms. The van der Waals surface area contributed by atoms with Crippen LogP contribution in [0.1, 0.15) is 25.7 Å². The molecule has 0 N–H and O–H groups in total. The van der Waals surface area contributed by atoms with Crippen molar-refractivity contribution in [3.63, 3.8) is 0 Å². The van der Waals surface area contributed by atoms with E-state index in [0.29, 0.717) is 28.0 Å². The van der Waals surface area contributed by atoms with Gasteiger partial charge >= 0.3 is 0 Å². The molecule has 0 bridgehead atoms. The van der Waals surface area contributed by atoms with Gasteiger partial charge in [0, 0.05) is 12.5 Å². The van der Waals surface area contributed by atoms with Crippen LogP contribution in [0.25, 0.3) is 10.2 Å². The Kier molecular flexibility index (Phi) is 4.37. The Balaban J connectivity index is 1.72. The van der Waals surface area contributed by atoms with Crippen LogP contribution >= 0.6 is 22.9 Å². The average molecular weight is 367 g/mol. The number of fused-ring (bicyclic) bond motifs is 1. The minimum absolute atomic E-state index is 0.0945. The summed E-state index contributed by atoms with van der Waals surface area (Å²) < 4.78 is 12.0. The zero-order valence-electron chi connectivity index (χ0n) is 13.5. The largest absolute Gasteiger partial charge is 0.494 e. The van der Waals surface area contributed by atoms with Crippen molar-refractivity contribution < 1.29 is 14.3 Å². The number of thiazole rings is 1. The molecule has 1 saturated carbocycles. The molecule has 128 valence electrons. The normalized spacial score (nSPS) is 20.5. The van der Waals surface area contributed by atoms with Crippen molar-refractivity contribution in [3.8, 4) is 5.75 Å².